The molecule has 110 valence electrons. The van der Waals surface area contributed by atoms with Crippen LogP contribution in [0.25, 0.3) is 0 Å². The van der Waals surface area contributed by atoms with E-state index >= 15 is 0 Å². The fraction of sp³-hybridized carbons (Fsp3) is 0.667. The van der Waals surface area contributed by atoms with E-state index in [1.165, 1.54) is 56.3 Å². The highest BCUT2D eigenvalue weighted by molar-refractivity contribution is 5.28. The highest BCUT2D eigenvalue weighted by atomic mass is 15.2. The molecule has 1 aromatic rings. The van der Waals surface area contributed by atoms with Crippen LogP contribution in [-0.4, -0.2) is 30.1 Å². The third kappa shape index (κ3) is 2.77. The Kier molecular flexibility index (Phi) is 4.13. The zero-order valence-electron chi connectivity index (χ0n) is 13.0. The molecular weight excluding hydrogens is 244 g/mol. The zero-order valence-corrected chi connectivity index (χ0v) is 13.0. The van der Waals surface area contributed by atoms with E-state index in [1.54, 1.807) is 0 Å². The van der Waals surface area contributed by atoms with Gasteiger partial charge in [0.05, 0.1) is 0 Å². The summed E-state index contributed by atoms with van der Waals surface area (Å²) in [5.41, 5.74) is 3.34. The van der Waals surface area contributed by atoms with Crippen molar-refractivity contribution in [3.8, 4) is 0 Å². The first-order valence-electron chi connectivity index (χ1n) is 8.25. The first kappa shape index (κ1) is 14.1. The molecule has 2 nitrogen and oxygen atoms in total. The van der Waals surface area contributed by atoms with Gasteiger partial charge in [0.1, 0.15) is 0 Å². The molecule has 1 aliphatic carbocycles. The largest absolute Gasteiger partial charge is 0.309 e. The predicted molar refractivity (Wildman–Crippen MR) is 85.0 cm³/mol. The van der Waals surface area contributed by atoms with Crippen molar-refractivity contribution in [1.29, 1.82) is 0 Å². The smallest absolute Gasteiger partial charge is 0.0323 e. The van der Waals surface area contributed by atoms with Gasteiger partial charge in [0.2, 0.25) is 0 Å². The summed E-state index contributed by atoms with van der Waals surface area (Å²) in [7, 11) is 0. The highest BCUT2D eigenvalue weighted by Gasteiger charge is 2.37. The predicted octanol–water partition coefficient (Wildman–Crippen LogP) is 3.66. The molecule has 2 aliphatic rings. The lowest BCUT2D eigenvalue weighted by molar-refractivity contribution is 0.0728. The monoisotopic (exact) mass is 272 g/mol. The number of nitrogens with zero attached hydrogens (tertiary/aromatic N) is 1. The minimum Gasteiger partial charge on any atom is -0.309 e. The van der Waals surface area contributed by atoms with E-state index in [1.807, 2.05) is 0 Å². The van der Waals surface area contributed by atoms with Gasteiger partial charge in [-0.2, -0.15) is 0 Å². The van der Waals surface area contributed by atoms with Gasteiger partial charge in [-0.3, -0.25) is 4.90 Å². The minimum absolute atomic E-state index is 0.410. The normalized spacial score (nSPS) is 24.7. The van der Waals surface area contributed by atoms with Gasteiger partial charge in [0.25, 0.3) is 0 Å². The molecule has 3 rings (SSSR count). The Hall–Kier alpha value is -0.860. The molecule has 2 heteroatoms. The molecule has 1 spiro atoms. The molecule has 0 amide bonds. The molecule has 1 saturated carbocycles. The van der Waals surface area contributed by atoms with Gasteiger partial charge in [-0.25, -0.2) is 0 Å². The number of piperazine rings is 1. The lowest BCUT2D eigenvalue weighted by Crippen LogP contribution is -2.61. The first-order chi connectivity index (χ1) is 9.70. The van der Waals surface area contributed by atoms with Crippen molar-refractivity contribution >= 4 is 0 Å². The lowest BCUT2D eigenvalue weighted by atomic mass is 9.79. The maximum absolute atomic E-state index is 3.84. The Labute approximate surface area is 123 Å². The summed E-state index contributed by atoms with van der Waals surface area (Å²) < 4.78 is 0. The van der Waals surface area contributed by atoms with E-state index in [-0.39, 0.29) is 0 Å². The minimum atomic E-state index is 0.410. The second kappa shape index (κ2) is 5.87. The van der Waals surface area contributed by atoms with E-state index in [0.717, 1.165) is 6.54 Å². The molecule has 1 aromatic carbocycles. The van der Waals surface area contributed by atoms with Crippen LogP contribution in [0.4, 0.5) is 0 Å². The number of hydrogen-bond donors (Lipinski definition) is 1. The molecule has 1 N–H and O–H groups in total. The maximum Gasteiger partial charge on any atom is 0.0323 e. The molecule has 1 saturated heterocycles. The average molecular weight is 272 g/mol. The van der Waals surface area contributed by atoms with E-state index in [9.17, 15) is 0 Å². The highest BCUT2D eigenvalue weighted by Crippen LogP contribution is 2.34. The third-order valence-electron chi connectivity index (χ3n) is 5.40. The second-order valence-electron chi connectivity index (χ2n) is 6.77. The van der Waals surface area contributed by atoms with E-state index in [2.05, 4.69) is 48.3 Å². The van der Waals surface area contributed by atoms with Crippen LogP contribution in [0.3, 0.4) is 0 Å². The topological polar surface area (TPSA) is 15.3 Å². The molecule has 1 heterocycles. The number of hydrogen-bond acceptors (Lipinski definition) is 2. The summed E-state index contributed by atoms with van der Waals surface area (Å²) >= 11 is 0. The van der Waals surface area contributed by atoms with Gasteiger partial charge < -0.3 is 5.32 Å². The second-order valence-corrected chi connectivity index (χ2v) is 6.77. The summed E-state index contributed by atoms with van der Waals surface area (Å²) in [4.78, 5) is 2.70. The molecule has 0 radical (unpaired) electrons. The van der Waals surface area contributed by atoms with Gasteiger partial charge in [0.15, 0.2) is 0 Å². The average Bonchev–Trinajstić information content (AvgIpc) is 2.48. The fourth-order valence-electron chi connectivity index (χ4n) is 4.13. The van der Waals surface area contributed by atoms with Crippen LogP contribution in [0.5, 0.6) is 0 Å². The SMILES string of the molecule is Cc1ccccc1C(C)N1CCNC2(CCCCC2)C1. The Morgan fingerprint density at radius 3 is 2.65 bits per heavy atom. The van der Waals surface area contributed by atoms with Crippen molar-refractivity contribution in [1.82, 2.24) is 10.2 Å². The van der Waals surface area contributed by atoms with Gasteiger partial charge in [-0.15, -0.1) is 0 Å². The maximum atomic E-state index is 3.84. The van der Waals surface area contributed by atoms with E-state index in [4.69, 9.17) is 0 Å². The fourth-order valence-corrected chi connectivity index (χ4v) is 4.13. The van der Waals surface area contributed by atoms with Crippen LogP contribution < -0.4 is 5.32 Å². The third-order valence-corrected chi connectivity index (χ3v) is 5.40. The van der Waals surface area contributed by atoms with Crippen molar-refractivity contribution < 1.29 is 0 Å². The van der Waals surface area contributed by atoms with E-state index < -0.39 is 0 Å². The van der Waals surface area contributed by atoms with Crippen molar-refractivity contribution in [3.63, 3.8) is 0 Å². The van der Waals surface area contributed by atoms with Crippen LogP contribution in [0.15, 0.2) is 24.3 Å². The van der Waals surface area contributed by atoms with Crippen molar-refractivity contribution in [2.45, 2.75) is 57.5 Å². The van der Waals surface area contributed by atoms with Crippen molar-refractivity contribution in [2.24, 2.45) is 0 Å². The molecule has 2 fully saturated rings. The quantitative estimate of drug-likeness (QED) is 0.884. The summed E-state index contributed by atoms with van der Waals surface area (Å²) in [5, 5.41) is 3.84. The van der Waals surface area contributed by atoms with Crippen LogP contribution in [0, 0.1) is 6.92 Å². The van der Waals surface area contributed by atoms with Crippen LogP contribution >= 0.6 is 0 Å². The number of nitrogens with one attached hydrogen (secondary N) is 1. The number of benzene rings is 1. The zero-order chi connectivity index (χ0) is 14.0. The number of aryl methyl sites for hydroxylation is 1. The standard InChI is InChI=1S/C18H28N2/c1-15-8-4-5-9-17(15)16(2)20-13-12-19-18(14-20)10-6-3-7-11-18/h4-5,8-9,16,19H,3,6-7,10-14H2,1-2H3. The van der Waals surface area contributed by atoms with Gasteiger partial charge in [-0.1, -0.05) is 43.5 Å². The molecule has 1 atom stereocenters. The van der Waals surface area contributed by atoms with Crippen LogP contribution in [-0.2, 0) is 0 Å². The van der Waals surface area contributed by atoms with Crippen molar-refractivity contribution in [2.75, 3.05) is 19.6 Å². The van der Waals surface area contributed by atoms with Gasteiger partial charge in [-0.05, 0) is 37.8 Å². The molecular formula is C18H28N2. The Morgan fingerprint density at radius 1 is 1.15 bits per heavy atom. The Morgan fingerprint density at radius 2 is 1.90 bits per heavy atom. The van der Waals surface area contributed by atoms with Crippen LogP contribution in [0.2, 0.25) is 0 Å². The molecule has 1 aliphatic heterocycles. The van der Waals surface area contributed by atoms with Crippen LogP contribution in [0.1, 0.15) is 56.2 Å². The first-order valence-corrected chi connectivity index (χ1v) is 8.25. The Bertz CT molecular complexity index is 443. The lowest BCUT2D eigenvalue weighted by Gasteiger charge is -2.48. The molecule has 0 bridgehead atoms. The van der Waals surface area contributed by atoms with Gasteiger partial charge in [0, 0.05) is 31.2 Å². The summed E-state index contributed by atoms with van der Waals surface area (Å²) in [5.74, 6) is 0. The van der Waals surface area contributed by atoms with E-state index in [0.29, 0.717) is 11.6 Å². The number of rotatable bonds is 2. The molecule has 0 aromatic heterocycles. The van der Waals surface area contributed by atoms with Crippen molar-refractivity contribution in [3.05, 3.63) is 35.4 Å². The summed E-state index contributed by atoms with van der Waals surface area (Å²) in [6.07, 6.45) is 6.96. The molecule has 1 unspecified atom stereocenters. The summed E-state index contributed by atoms with van der Waals surface area (Å²) in [6, 6.07) is 9.40. The molecule has 20 heavy (non-hydrogen) atoms. The summed E-state index contributed by atoms with van der Waals surface area (Å²) in [6.45, 7) is 8.17. The van der Waals surface area contributed by atoms with Gasteiger partial charge >= 0.3 is 0 Å². The Balaban J connectivity index is 1.75.